The van der Waals surface area contributed by atoms with E-state index < -0.39 is 11.6 Å². The predicted octanol–water partition coefficient (Wildman–Crippen LogP) is 3.81. The van der Waals surface area contributed by atoms with Crippen LogP contribution in [-0.2, 0) is 12.8 Å². The monoisotopic (exact) mass is 308 g/mol. The Kier molecular flexibility index (Phi) is 3.63. The van der Waals surface area contributed by atoms with Crippen LogP contribution < -0.4 is 10.6 Å². The lowest BCUT2D eigenvalue weighted by Gasteiger charge is -2.08. The quantitative estimate of drug-likeness (QED) is 0.905. The van der Waals surface area contributed by atoms with Gasteiger partial charge in [0.15, 0.2) is 11.6 Å². The predicted molar refractivity (Wildman–Crippen MR) is 80.2 cm³/mol. The Labute approximate surface area is 125 Å². The highest BCUT2D eigenvalue weighted by atomic mass is 32.1. The van der Waals surface area contributed by atoms with E-state index in [-0.39, 0.29) is 11.6 Å². The average Bonchev–Trinajstić information content (AvgIpc) is 3.02. The van der Waals surface area contributed by atoms with Crippen LogP contribution in [0, 0.1) is 11.6 Å². The van der Waals surface area contributed by atoms with E-state index >= 15 is 0 Å². The lowest BCUT2D eigenvalue weighted by Crippen LogP contribution is -2.14. The number of carbonyl (C=O) groups excluding carboxylic acids is 1. The zero-order valence-electron chi connectivity index (χ0n) is 11.4. The van der Waals surface area contributed by atoms with Crippen molar-refractivity contribution in [1.82, 2.24) is 0 Å². The van der Waals surface area contributed by atoms with Crippen LogP contribution in [-0.4, -0.2) is 13.0 Å². The third kappa shape index (κ3) is 2.51. The van der Waals surface area contributed by atoms with Crippen LogP contribution in [0.25, 0.3) is 0 Å². The Morgan fingerprint density at radius 3 is 2.76 bits per heavy atom. The minimum Gasteiger partial charge on any atom is -0.379 e. The van der Waals surface area contributed by atoms with Crippen molar-refractivity contribution in [3.8, 4) is 0 Å². The van der Waals surface area contributed by atoms with Crippen molar-refractivity contribution < 1.29 is 13.6 Å². The first kappa shape index (κ1) is 14.0. The fourth-order valence-electron chi connectivity index (χ4n) is 2.59. The molecule has 2 aromatic rings. The second kappa shape index (κ2) is 5.44. The van der Waals surface area contributed by atoms with Crippen LogP contribution in [0.5, 0.6) is 0 Å². The van der Waals surface area contributed by atoms with Gasteiger partial charge in [0.25, 0.3) is 5.91 Å². The summed E-state index contributed by atoms with van der Waals surface area (Å²) in [6.45, 7) is 0. The second-order valence-corrected chi connectivity index (χ2v) is 6.00. The second-order valence-electron chi connectivity index (χ2n) is 4.89. The van der Waals surface area contributed by atoms with E-state index in [1.165, 1.54) is 10.9 Å². The van der Waals surface area contributed by atoms with Gasteiger partial charge >= 0.3 is 0 Å². The number of thiophene rings is 1. The van der Waals surface area contributed by atoms with Gasteiger partial charge in [-0.25, -0.2) is 8.78 Å². The van der Waals surface area contributed by atoms with E-state index in [0.29, 0.717) is 5.56 Å². The third-order valence-electron chi connectivity index (χ3n) is 3.55. The summed E-state index contributed by atoms with van der Waals surface area (Å²) in [6.07, 6.45) is 2.93. The number of halogens is 2. The molecule has 1 amide bonds. The normalized spacial score (nSPS) is 13.1. The van der Waals surface area contributed by atoms with Gasteiger partial charge < -0.3 is 10.6 Å². The summed E-state index contributed by atoms with van der Waals surface area (Å²) >= 11 is 1.59. The van der Waals surface area contributed by atoms with Crippen LogP contribution in [0.4, 0.5) is 19.5 Å². The number of hydrogen-bond donors (Lipinski definition) is 2. The Balaban J connectivity index is 1.90. The number of nitrogens with one attached hydrogen (secondary N) is 2. The zero-order chi connectivity index (χ0) is 15.0. The lowest BCUT2D eigenvalue weighted by atomic mass is 10.1. The maximum atomic E-state index is 13.2. The maximum Gasteiger partial charge on any atom is 0.258 e. The number of rotatable bonds is 3. The van der Waals surface area contributed by atoms with Gasteiger partial charge in [0.05, 0.1) is 5.56 Å². The number of fused-ring (bicyclic) bond motifs is 1. The molecule has 0 radical (unpaired) electrons. The van der Waals surface area contributed by atoms with Crippen LogP contribution in [0.2, 0.25) is 0 Å². The Hall–Kier alpha value is -1.95. The molecule has 0 unspecified atom stereocenters. The van der Waals surface area contributed by atoms with Gasteiger partial charge in [-0.3, -0.25) is 4.79 Å². The van der Waals surface area contributed by atoms with E-state index in [2.05, 4.69) is 10.6 Å². The van der Waals surface area contributed by atoms with Crippen molar-refractivity contribution in [2.75, 3.05) is 17.7 Å². The molecule has 2 N–H and O–H groups in total. The summed E-state index contributed by atoms with van der Waals surface area (Å²) in [5, 5.41) is 6.49. The number of carbonyl (C=O) groups is 1. The summed E-state index contributed by atoms with van der Waals surface area (Å²) in [4.78, 5) is 13.7. The van der Waals surface area contributed by atoms with E-state index in [0.717, 1.165) is 42.0 Å². The Bertz CT molecular complexity index is 712. The molecule has 0 spiro atoms. The fourth-order valence-corrected chi connectivity index (χ4v) is 3.83. The maximum absolute atomic E-state index is 13.2. The summed E-state index contributed by atoms with van der Waals surface area (Å²) in [6, 6.07) is 3.34. The molecule has 0 aliphatic heterocycles. The molecule has 0 saturated heterocycles. The van der Waals surface area contributed by atoms with Crippen molar-refractivity contribution in [3.63, 3.8) is 0 Å². The first-order valence-corrected chi connectivity index (χ1v) is 7.50. The third-order valence-corrected chi connectivity index (χ3v) is 4.86. The molecule has 1 aromatic heterocycles. The molecule has 1 aromatic carbocycles. The number of aryl methyl sites for hydroxylation is 1. The van der Waals surface area contributed by atoms with Crippen molar-refractivity contribution in [2.45, 2.75) is 19.3 Å². The van der Waals surface area contributed by atoms with Gasteiger partial charge in [-0.1, -0.05) is 0 Å². The highest BCUT2D eigenvalue weighted by molar-refractivity contribution is 7.16. The molecule has 0 fully saturated rings. The van der Waals surface area contributed by atoms with E-state index in [1.807, 2.05) is 0 Å². The molecule has 1 aliphatic carbocycles. The number of benzene rings is 1. The average molecular weight is 308 g/mol. The smallest absolute Gasteiger partial charge is 0.258 e. The Morgan fingerprint density at radius 2 is 2.05 bits per heavy atom. The molecule has 3 rings (SSSR count). The number of anilines is 2. The summed E-state index contributed by atoms with van der Waals surface area (Å²) in [5.74, 6) is -2.19. The van der Waals surface area contributed by atoms with Crippen LogP contribution in [0.3, 0.4) is 0 Å². The molecular formula is C15H14F2N2OS. The van der Waals surface area contributed by atoms with Gasteiger partial charge in [-0.15, -0.1) is 11.3 Å². The topological polar surface area (TPSA) is 41.1 Å². The molecule has 1 aliphatic rings. The van der Waals surface area contributed by atoms with Gasteiger partial charge in [0.1, 0.15) is 5.00 Å². The molecule has 0 atom stereocenters. The molecule has 0 bridgehead atoms. The van der Waals surface area contributed by atoms with E-state index in [1.54, 1.807) is 18.4 Å². The minimum absolute atomic E-state index is 0.249. The standard InChI is InChI=1S/C15H14F2N2OS/c1-18-15-13(9-3-2-4-12(9)21-15)14(20)19-8-5-6-10(16)11(17)7-8/h5-7,18H,2-4H2,1H3,(H,19,20). The Morgan fingerprint density at radius 1 is 1.24 bits per heavy atom. The van der Waals surface area contributed by atoms with Gasteiger partial charge in [-0.2, -0.15) is 0 Å². The summed E-state index contributed by atoms with van der Waals surface area (Å²) in [7, 11) is 1.77. The number of amides is 1. The highest BCUT2D eigenvalue weighted by Crippen LogP contribution is 2.39. The van der Waals surface area contributed by atoms with Crippen LogP contribution in [0.1, 0.15) is 27.2 Å². The molecule has 1 heterocycles. The van der Waals surface area contributed by atoms with Crippen molar-refractivity contribution in [3.05, 3.63) is 45.8 Å². The van der Waals surface area contributed by atoms with Crippen molar-refractivity contribution in [1.29, 1.82) is 0 Å². The summed E-state index contributed by atoms with van der Waals surface area (Å²) < 4.78 is 26.1. The molecule has 110 valence electrons. The first-order chi connectivity index (χ1) is 10.1. The van der Waals surface area contributed by atoms with Gasteiger partial charge in [0, 0.05) is 23.7 Å². The first-order valence-electron chi connectivity index (χ1n) is 6.69. The molecule has 3 nitrogen and oxygen atoms in total. The van der Waals surface area contributed by atoms with Gasteiger partial charge in [-0.05, 0) is 37.0 Å². The molecule has 21 heavy (non-hydrogen) atoms. The SMILES string of the molecule is CNc1sc2c(c1C(=O)Nc1ccc(F)c(F)c1)CCC2. The highest BCUT2D eigenvalue weighted by Gasteiger charge is 2.26. The summed E-state index contributed by atoms with van der Waals surface area (Å²) in [5.41, 5.74) is 1.95. The fraction of sp³-hybridized carbons (Fsp3) is 0.267. The number of hydrogen-bond acceptors (Lipinski definition) is 3. The largest absolute Gasteiger partial charge is 0.379 e. The van der Waals surface area contributed by atoms with Crippen molar-refractivity contribution in [2.24, 2.45) is 0 Å². The molecule has 0 saturated carbocycles. The van der Waals surface area contributed by atoms with Crippen LogP contribution in [0.15, 0.2) is 18.2 Å². The minimum atomic E-state index is -0.975. The molecular weight excluding hydrogens is 294 g/mol. The van der Waals surface area contributed by atoms with E-state index in [9.17, 15) is 13.6 Å². The van der Waals surface area contributed by atoms with Gasteiger partial charge in [0.2, 0.25) is 0 Å². The lowest BCUT2D eigenvalue weighted by molar-refractivity contribution is 0.102. The van der Waals surface area contributed by atoms with E-state index in [4.69, 9.17) is 0 Å². The molecule has 6 heteroatoms. The van der Waals surface area contributed by atoms with Crippen LogP contribution >= 0.6 is 11.3 Å². The zero-order valence-corrected chi connectivity index (χ0v) is 12.2. The van der Waals surface area contributed by atoms with Crippen molar-refractivity contribution >= 4 is 27.9 Å².